The minimum Gasteiger partial charge on any atom is -0.506 e. The monoisotopic (exact) mass is 606 g/mol. The number of aryl methyl sites for hydroxylation is 3. The quantitative estimate of drug-likeness (QED) is 0.0346. The van der Waals surface area contributed by atoms with Gasteiger partial charge in [-0.25, -0.2) is 4.79 Å². The molecule has 0 saturated carbocycles. The largest absolute Gasteiger partial charge is 0.506 e. The fraction of sp³-hybridized carbons (Fsp3) is 0.107. The van der Waals surface area contributed by atoms with Crippen LogP contribution in [0, 0.1) is 20.8 Å². The van der Waals surface area contributed by atoms with Gasteiger partial charge in [-0.1, -0.05) is 17.7 Å². The van der Waals surface area contributed by atoms with Crippen molar-refractivity contribution in [2.24, 2.45) is 10.2 Å². The molecule has 0 aliphatic carbocycles. The van der Waals surface area contributed by atoms with E-state index in [2.05, 4.69) is 31.9 Å². The zero-order chi connectivity index (χ0) is 31.5. The summed E-state index contributed by atoms with van der Waals surface area (Å²) >= 11 is 0. The second-order valence-corrected chi connectivity index (χ2v) is 11.0. The minimum absolute atomic E-state index is 0.0353. The van der Waals surface area contributed by atoms with Crippen LogP contribution in [-0.2, 0) is 10.1 Å². The van der Waals surface area contributed by atoms with E-state index in [1.807, 2.05) is 38.1 Å². The number of phenols is 1. The van der Waals surface area contributed by atoms with Gasteiger partial charge in [0.2, 0.25) is 0 Å². The number of carbonyl (C=O) groups is 1. The third-order valence-electron chi connectivity index (χ3n) is 6.38. The average Bonchev–Trinajstić information content (AvgIpc) is 2.94. The molecule has 43 heavy (non-hydrogen) atoms. The number of nitrogens with zero attached hydrogens (tertiary/aromatic N) is 2. The van der Waals surface area contributed by atoms with Gasteiger partial charge in [0.15, 0.2) is 5.75 Å². The Hall–Kier alpha value is -5.54. The maximum Gasteiger partial charge on any atom is 0.339 e. The molecule has 0 fully saturated rings. The van der Waals surface area contributed by atoms with Crippen LogP contribution in [0.2, 0.25) is 0 Å². The van der Waals surface area contributed by atoms with Crippen molar-refractivity contribution in [1.29, 1.82) is 0 Å². The number of nitrogens with one attached hydrogen (secondary N) is 4. The summed E-state index contributed by atoms with van der Waals surface area (Å²) in [4.78, 5) is 10.5. The van der Waals surface area contributed by atoms with Gasteiger partial charge in [0, 0.05) is 0 Å². The molecule has 0 amide bonds. The van der Waals surface area contributed by atoms with Crippen LogP contribution in [0.3, 0.4) is 0 Å². The van der Waals surface area contributed by atoms with Crippen LogP contribution in [0.15, 0.2) is 75.8 Å². The number of aromatic hydroxyl groups is 1. The lowest BCUT2D eigenvalue weighted by atomic mass is 10.1. The van der Waals surface area contributed by atoms with Crippen molar-refractivity contribution in [2.45, 2.75) is 25.7 Å². The van der Waals surface area contributed by atoms with Crippen molar-refractivity contribution in [3.63, 3.8) is 0 Å². The Bertz CT molecular complexity index is 1840. The van der Waals surface area contributed by atoms with Crippen molar-refractivity contribution in [3.8, 4) is 5.75 Å². The molecule has 4 aromatic rings. The second kappa shape index (κ2) is 12.1. The number of anilines is 6. The first kappa shape index (κ1) is 30.4. The van der Waals surface area contributed by atoms with E-state index >= 15 is 0 Å². The number of hydrazine groups is 2. The molecule has 0 saturated heterocycles. The van der Waals surface area contributed by atoms with Crippen molar-refractivity contribution >= 4 is 61.6 Å². The van der Waals surface area contributed by atoms with E-state index < -0.39 is 32.3 Å². The van der Waals surface area contributed by atoms with E-state index in [1.54, 1.807) is 31.2 Å². The van der Waals surface area contributed by atoms with Crippen molar-refractivity contribution in [2.75, 3.05) is 33.2 Å². The normalized spacial score (nSPS) is 11.3. The van der Waals surface area contributed by atoms with Crippen molar-refractivity contribution in [1.82, 2.24) is 0 Å². The van der Waals surface area contributed by atoms with Gasteiger partial charge in [-0.2, -0.15) is 13.5 Å². The van der Waals surface area contributed by atoms with E-state index in [0.29, 0.717) is 39.8 Å². The highest BCUT2D eigenvalue weighted by atomic mass is 32.2. The summed E-state index contributed by atoms with van der Waals surface area (Å²) in [7, 11) is -4.89. The Balaban J connectivity index is 1.49. The summed E-state index contributed by atoms with van der Waals surface area (Å²) in [5, 5.41) is 27.8. The summed E-state index contributed by atoms with van der Waals surface area (Å²) in [6.07, 6.45) is 0. The molecular formula is C28H30N8O6S. The van der Waals surface area contributed by atoms with Crippen LogP contribution < -0.4 is 33.2 Å². The van der Waals surface area contributed by atoms with Crippen LogP contribution in [0.5, 0.6) is 5.75 Å². The first-order valence-corrected chi connectivity index (χ1v) is 14.1. The van der Waals surface area contributed by atoms with E-state index in [9.17, 15) is 28.0 Å². The molecule has 14 nitrogen and oxygen atoms in total. The van der Waals surface area contributed by atoms with Gasteiger partial charge in [-0.05, 0) is 80.4 Å². The molecule has 0 bridgehead atoms. The average molecular weight is 607 g/mol. The van der Waals surface area contributed by atoms with Crippen LogP contribution in [0.1, 0.15) is 27.0 Å². The number of carboxylic acids is 1. The van der Waals surface area contributed by atoms with Crippen LogP contribution >= 0.6 is 0 Å². The van der Waals surface area contributed by atoms with E-state index in [-0.39, 0.29) is 5.69 Å². The lowest BCUT2D eigenvalue weighted by molar-refractivity contribution is 0.0693. The highest BCUT2D eigenvalue weighted by Gasteiger charge is 2.23. The Morgan fingerprint density at radius 2 is 1.47 bits per heavy atom. The van der Waals surface area contributed by atoms with E-state index in [4.69, 9.17) is 11.5 Å². The Labute approximate surface area is 247 Å². The first-order chi connectivity index (χ1) is 20.2. The van der Waals surface area contributed by atoms with Gasteiger partial charge in [0.25, 0.3) is 10.1 Å². The second-order valence-electron chi connectivity index (χ2n) is 9.63. The van der Waals surface area contributed by atoms with Crippen molar-refractivity contribution < 1.29 is 28.0 Å². The SMILES string of the molecule is Cc1ccc(/N=N\c2cc(C)c(N)c(NNc3ccc(NNc4cc(C(=O)O)c(O)c(S(=O)(=O)O)c4)c(C)c3)c2N)cc1. The number of nitrogens with two attached hydrogens (primary N) is 2. The molecule has 0 aliphatic heterocycles. The Morgan fingerprint density at radius 3 is 2.09 bits per heavy atom. The zero-order valence-corrected chi connectivity index (χ0v) is 24.1. The lowest BCUT2D eigenvalue weighted by Gasteiger charge is -2.18. The molecule has 0 radical (unpaired) electrons. The maximum absolute atomic E-state index is 11.6. The third-order valence-corrected chi connectivity index (χ3v) is 7.25. The lowest BCUT2D eigenvalue weighted by Crippen LogP contribution is -2.14. The predicted octanol–water partition coefficient (Wildman–Crippen LogP) is 5.72. The molecule has 0 heterocycles. The molecule has 224 valence electrons. The fourth-order valence-electron chi connectivity index (χ4n) is 3.97. The van der Waals surface area contributed by atoms with Gasteiger partial charge < -0.3 is 38.0 Å². The van der Waals surface area contributed by atoms with Gasteiger partial charge in [-0.3, -0.25) is 9.98 Å². The van der Waals surface area contributed by atoms with E-state index in [1.165, 1.54) is 0 Å². The predicted molar refractivity (Wildman–Crippen MR) is 166 cm³/mol. The van der Waals surface area contributed by atoms with Gasteiger partial charge in [0.1, 0.15) is 21.8 Å². The highest BCUT2D eigenvalue weighted by Crippen LogP contribution is 2.38. The summed E-state index contributed by atoms with van der Waals surface area (Å²) in [5.41, 5.74) is 29.6. The molecule has 0 aliphatic rings. The summed E-state index contributed by atoms with van der Waals surface area (Å²) in [5.74, 6) is -2.66. The Kier molecular flexibility index (Phi) is 8.59. The molecule has 11 N–H and O–H groups in total. The Morgan fingerprint density at radius 1 is 0.791 bits per heavy atom. The molecule has 4 rings (SSSR count). The number of rotatable bonds is 10. The molecule has 0 unspecified atom stereocenters. The minimum atomic E-state index is -4.89. The third kappa shape index (κ3) is 7.03. The molecule has 15 heteroatoms. The van der Waals surface area contributed by atoms with Gasteiger partial charge in [0.05, 0.1) is 34.1 Å². The van der Waals surface area contributed by atoms with Gasteiger partial charge in [-0.15, -0.1) is 5.11 Å². The zero-order valence-electron chi connectivity index (χ0n) is 23.3. The van der Waals surface area contributed by atoms with Crippen LogP contribution in [0.4, 0.5) is 45.5 Å². The molecule has 4 aromatic carbocycles. The van der Waals surface area contributed by atoms with Crippen molar-refractivity contribution in [3.05, 3.63) is 82.9 Å². The number of nitrogen functional groups attached to an aromatic ring is 2. The number of benzene rings is 4. The number of azo groups is 1. The molecular weight excluding hydrogens is 576 g/mol. The number of carboxylic acid groups (broad SMARTS) is 1. The van der Waals surface area contributed by atoms with Gasteiger partial charge >= 0.3 is 5.97 Å². The fourth-order valence-corrected chi connectivity index (χ4v) is 4.60. The number of aromatic carboxylic acids is 1. The standard InChI is InChI=1S/C28H30N8O6S/c1-14-4-6-17(7-5-14)31-35-22-11-16(3)24(29)26(25(22)30)36-32-18-8-9-21(15(2)10-18)34-33-19-12-20(28(38)39)27(37)23(13-19)43(40,41)42/h4-13,32-34,36-37H,29-30H2,1-3H3,(H,38,39)(H,40,41,42)/b35-31-. The first-order valence-electron chi connectivity index (χ1n) is 12.6. The molecule has 0 aromatic heterocycles. The maximum atomic E-state index is 11.6. The summed E-state index contributed by atoms with van der Waals surface area (Å²) in [6, 6.07) is 16.4. The smallest absolute Gasteiger partial charge is 0.339 e. The van der Waals surface area contributed by atoms with E-state index in [0.717, 1.165) is 28.8 Å². The highest BCUT2D eigenvalue weighted by molar-refractivity contribution is 7.86. The number of hydrogen-bond acceptors (Lipinski definition) is 12. The van der Waals surface area contributed by atoms with Crippen LogP contribution in [-0.4, -0.2) is 29.2 Å². The molecule has 0 spiro atoms. The van der Waals surface area contributed by atoms with Crippen LogP contribution in [0.25, 0.3) is 0 Å². The number of hydrogen-bond donors (Lipinski definition) is 9. The summed E-state index contributed by atoms with van der Waals surface area (Å²) < 4.78 is 32.6. The topological polar surface area (TPSA) is 237 Å². The molecule has 0 atom stereocenters. The summed E-state index contributed by atoms with van der Waals surface area (Å²) in [6.45, 7) is 5.60.